The molecule has 1 aliphatic heterocycles. The lowest BCUT2D eigenvalue weighted by Gasteiger charge is -2.51. The fraction of sp³-hybridized carbons (Fsp3) is 0.654. The Labute approximate surface area is 207 Å². The number of hydrogen-bond donors (Lipinski definition) is 2. The number of benzene rings is 1. The van der Waals surface area contributed by atoms with Crippen molar-refractivity contribution in [1.29, 1.82) is 0 Å². The molecule has 2 N–H and O–H groups in total. The maximum atomic E-state index is 13.5. The number of carbonyl (C=O) groups is 3. The van der Waals surface area contributed by atoms with Gasteiger partial charge in [0.2, 0.25) is 11.8 Å². The van der Waals surface area contributed by atoms with Gasteiger partial charge >= 0.3 is 5.97 Å². The van der Waals surface area contributed by atoms with Crippen molar-refractivity contribution < 1.29 is 24.2 Å². The fourth-order valence-corrected chi connectivity index (χ4v) is 5.40. The summed E-state index contributed by atoms with van der Waals surface area (Å²) in [6, 6.07) is 6.55. The number of hydrogen-bond acceptors (Lipinski definition) is 5. The highest BCUT2D eigenvalue weighted by molar-refractivity contribution is 6.30. The molecule has 1 aromatic rings. The summed E-state index contributed by atoms with van der Waals surface area (Å²) in [5, 5.41) is 15.2. The van der Waals surface area contributed by atoms with Gasteiger partial charge in [-0.05, 0) is 49.3 Å². The van der Waals surface area contributed by atoms with E-state index in [1.54, 1.807) is 17.0 Å². The third-order valence-electron chi connectivity index (χ3n) is 7.40. The molecule has 4 atom stereocenters. The van der Waals surface area contributed by atoms with Gasteiger partial charge in [0.1, 0.15) is 12.1 Å². The molecule has 1 aromatic carbocycles. The lowest BCUT2D eigenvalue weighted by atomic mass is 9.66. The Morgan fingerprint density at radius 3 is 2.38 bits per heavy atom. The van der Waals surface area contributed by atoms with Gasteiger partial charge in [-0.15, -0.1) is 0 Å². The molecular formula is C26H37ClN2O5. The molecule has 0 unspecified atom stereocenters. The molecular weight excluding hydrogens is 456 g/mol. The van der Waals surface area contributed by atoms with E-state index in [9.17, 15) is 19.5 Å². The predicted molar refractivity (Wildman–Crippen MR) is 130 cm³/mol. The van der Waals surface area contributed by atoms with E-state index in [1.807, 2.05) is 39.8 Å². The molecule has 1 saturated carbocycles. The molecule has 8 heteroatoms. The normalized spacial score (nSPS) is 27.4. The number of halogens is 1. The number of piperidine rings is 1. The van der Waals surface area contributed by atoms with Gasteiger partial charge in [-0.2, -0.15) is 0 Å². The number of aliphatic hydroxyl groups is 1. The average Bonchev–Trinajstić information content (AvgIpc) is 3.21. The van der Waals surface area contributed by atoms with Crippen molar-refractivity contribution >= 4 is 29.4 Å². The van der Waals surface area contributed by atoms with Crippen molar-refractivity contribution in [2.24, 2.45) is 17.3 Å². The molecule has 0 radical (unpaired) electrons. The number of rotatable bonds is 6. The standard InChI is InChI=1S/C26H37ClN2O5/c1-16(2)22(28-23(31)18-6-11-21(14-18)34-17(3)30)24(32)29-13-12-26(33,25(4,5)15-29)19-7-9-20(27)10-8-19/h7-10,16,18,21-22,33H,6,11-15H2,1-5H3,(H,28,31)/t18-,21-,22-,26+/m1/s1. The minimum Gasteiger partial charge on any atom is -0.463 e. The van der Waals surface area contributed by atoms with E-state index in [2.05, 4.69) is 5.32 Å². The van der Waals surface area contributed by atoms with E-state index < -0.39 is 17.1 Å². The van der Waals surface area contributed by atoms with Crippen LogP contribution >= 0.6 is 11.6 Å². The average molecular weight is 493 g/mol. The highest BCUT2D eigenvalue weighted by atomic mass is 35.5. The molecule has 0 aromatic heterocycles. The zero-order chi connectivity index (χ0) is 25.3. The van der Waals surface area contributed by atoms with Crippen molar-refractivity contribution in [3.05, 3.63) is 34.9 Å². The summed E-state index contributed by atoms with van der Waals surface area (Å²) < 4.78 is 5.25. The zero-order valence-corrected chi connectivity index (χ0v) is 21.5. The van der Waals surface area contributed by atoms with Crippen LogP contribution in [0.25, 0.3) is 0 Å². The summed E-state index contributed by atoms with van der Waals surface area (Å²) in [4.78, 5) is 39.4. The molecule has 0 spiro atoms. The molecule has 7 nitrogen and oxygen atoms in total. The van der Waals surface area contributed by atoms with Gasteiger partial charge in [0.25, 0.3) is 0 Å². The molecule has 2 amide bonds. The van der Waals surface area contributed by atoms with Crippen LogP contribution in [0, 0.1) is 17.3 Å². The molecule has 34 heavy (non-hydrogen) atoms. The number of likely N-dealkylation sites (tertiary alicyclic amines) is 1. The second-order valence-electron chi connectivity index (χ2n) is 10.7. The molecule has 188 valence electrons. The van der Waals surface area contributed by atoms with E-state index >= 15 is 0 Å². The number of carbonyl (C=O) groups excluding carboxylic acids is 3. The van der Waals surface area contributed by atoms with Crippen LogP contribution in [0.2, 0.25) is 5.02 Å². The number of amides is 2. The Balaban J connectivity index is 1.68. The van der Waals surface area contributed by atoms with Crippen LogP contribution in [0.5, 0.6) is 0 Å². The van der Waals surface area contributed by atoms with Crippen LogP contribution in [-0.2, 0) is 24.7 Å². The largest absolute Gasteiger partial charge is 0.463 e. The monoisotopic (exact) mass is 492 g/mol. The molecule has 1 heterocycles. The minimum absolute atomic E-state index is 0.0951. The van der Waals surface area contributed by atoms with Gasteiger partial charge in [-0.1, -0.05) is 51.4 Å². The van der Waals surface area contributed by atoms with Crippen molar-refractivity contribution in [2.75, 3.05) is 13.1 Å². The summed E-state index contributed by atoms with van der Waals surface area (Å²) in [5.74, 6) is -1.01. The maximum absolute atomic E-state index is 13.5. The predicted octanol–water partition coefficient (Wildman–Crippen LogP) is 3.66. The van der Waals surface area contributed by atoms with Crippen LogP contribution in [0.1, 0.15) is 65.9 Å². The van der Waals surface area contributed by atoms with Crippen LogP contribution in [0.3, 0.4) is 0 Å². The Hall–Kier alpha value is -2.12. The Morgan fingerprint density at radius 2 is 1.82 bits per heavy atom. The third kappa shape index (κ3) is 5.57. The first kappa shape index (κ1) is 26.5. The van der Waals surface area contributed by atoms with Crippen LogP contribution in [-0.4, -0.2) is 53.0 Å². The van der Waals surface area contributed by atoms with E-state index in [0.717, 1.165) is 5.56 Å². The smallest absolute Gasteiger partial charge is 0.302 e. The number of esters is 1. The van der Waals surface area contributed by atoms with E-state index in [0.29, 0.717) is 43.8 Å². The number of nitrogens with zero attached hydrogens (tertiary/aromatic N) is 1. The van der Waals surface area contributed by atoms with Crippen molar-refractivity contribution in [2.45, 2.75) is 78.0 Å². The van der Waals surface area contributed by atoms with E-state index in [4.69, 9.17) is 16.3 Å². The Kier molecular flexibility index (Phi) is 7.98. The summed E-state index contributed by atoms with van der Waals surface area (Å²) in [6.07, 6.45) is 1.92. The lowest BCUT2D eigenvalue weighted by Crippen LogP contribution is -2.60. The first-order chi connectivity index (χ1) is 15.8. The molecule has 1 saturated heterocycles. The summed E-state index contributed by atoms with van der Waals surface area (Å²) in [7, 11) is 0. The Morgan fingerprint density at radius 1 is 1.18 bits per heavy atom. The first-order valence-electron chi connectivity index (χ1n) is 12.1. The van der Waals surface area contributed by atoms with Gasteiger partial charge in [0.05, 0.1) is 5.60 Å². The van der Waals surface area contributed by atoms with Crippen molar-refractivity contribution in [1.82, 2.24) is 10.2 Å². The molecule has 2 aliphatic rings. The summed E-state index contributed by atoms with van der Waals surface area (Å²) in [6.45, 7) is 9.86. The highest BCUT2D eigenvalue weighted by Gasteiger charge is 2.50. The molecule has 1 aliphatic carbocycles. The Bertz CT molecular complexity index is 916. The summed E-state index contributed by atoms with van der Waals surface area (Å²) in [5.41, 5.74) is -0.921. The maximum Gasteiger partial charge on any atom is 0.302 e. The molecule has 2 fully saturated rings. The highest BCUT2D eigenvalue weighted by Crippen LogP contribution is 2.46. The summed E-state index contributed by atoms with van der Waals surface area (Å²) >= 11 is 6.02. The lowest BCUT2D eigenvalue weighted by molar-refractivity contribution is -0.157. The molecule has 0 bridgehead atoms. The van der Waals surface area contributed by atoms with E-state index in [-0.39, 0.29) is 35.7 Å². The van der Waals surface area contributed by atoms with Crippen molar-refractivity contribution in [3.8, 4) is 0 Å². The van der Waals surface area contributed by atoms with Crippen LogP contribution < -0.4 is 5.32 Å². The van der Waals surface area contributed by atoms with Gasteiger partial charge in [0, 0.05) is 36.4 Å². The second kappa shape index (κ2) is 10.2. The van der Waals surface area contributed by atoms with E-state index in [1.165, 1.54) is 6.92 Å². The van der Waals surface area contributed by atoms with Crippen LogP contribution in [0.15, 0.2) is 24.3 Å². The van der Waals surface area contributed by atoms with Crippen LogP contribution in [0.4, 0.5) is 0 Å². The quantitative estimate of drug-likeness (QED) is 0.591. The van der Waals surface area contributed by atoms with Gasteiger partial charge in [-0.3, -0.25) is 14.4 Å². The zero-order valence-electron chi connectivity index (χ0n) is 20.8. The topological polar surface area (TPSA) is 95.9 Å². The van der Waals surface area contributed by atoms with Gasteiger partial charge in [-0.25, -0.2) is 0 Å². The fourth-order valence-electron chi connectivity index (χ4n) is 5.27. The third-order valence-corrected chi connectivity index (χ3v) is 7.65. The first-order valence-corrected chi connectivity index (χ1v) is 12.5. The number of ether oxygens (including phenoxy) is 1. The SMILES string of the molecule is CC(=O)O[C@@H]1CC[C@@H](C(=O)N[C@@H](C(=O)N2CC[C@](O)(c3ccc(Cl)cc3)C(C)(C)C2)C(C)C)C1. The van der Waals surface area contributed by atoms with Gasteiger partial charge < -0.3 is 20.1 Å². The number of nitrogens with one attached hydrogen (secondary N) is 1. The second-order valence-corrected chi connectivity index (χ2v) is 11.2. The minimum atomic E-state index is -1.10. The van der Waals surface area contributed by atoms with Crippen molar-refractivity contribution in [3.63, 3.8) is 0 Å². The van der Waals surface area contributed by atoms with Gasteiger partial charge in [0.15, 0.2) is 0 Å². The molecule has 3 rings (SSSR count).